The van der Waals surface area contributed by atoms with Gasteiger partial charge in [0.1, 0.15) is 5.82 Å². The minimum Gasteiger partial charge on any atom is -0.392 e. The lowest BCUT2D eigenvalue weighted by molar-refractivity contribution is -0.127. The van der Waals surface area contributed by atoms with Gasteiger partial charge < -0.3 is 11.1 Å². The van der Waals surface area contributed by atoms with Gasteiger partial charge >= 0.3 is 0 Å². The van der Waals surface area contributed by atoms with Crippen molar-refractivity contribution in [3.8, 4) is 0 Å². The molecule has 3 nitrogen and oxygen atoms in total. The zero-order chi connectivity index (χ0) is 15.1. The molecule has 0 spiro atoms. The summed E-state index contributed by atoms with van der Waals surface area (Å²) in [6.45, 7) is 1.93. The summed E-state index contributed by atoms with van der Waals surface area (Å²) in [7, 11) is 0. The van der Waals surface area contributed by atoms with Crippen LogP contribution in [0.1, 0.15) is 19.8 Å². The summed E-state index contributed by atoms with van der Waals surface area (Å²) in [6.07, 6.45) is 0.916. The van der Waals surface area contributed by atoms with Crippen molar-refractivity contribution in [2.45, 2.75) is 19.8 Å². The van der Waals surface area contributed by atoms with Crippen LogP contribution in [0.5, 0.6) is 0 Å². The Bertz CT molecular complexity index is 585. The fourth-order valence-electron chi connectivity index (χ4n) is 2.49. The van der Waals surface area contributed by atoms with Crippen LogP contribution in [0.3, 0.4) is 0 Å². The number of carbonyl (C=O) groups is 1. The number of thiocarbonyl (C=S) groups is 1. The molecule has 1 fully saturated rings. The fraction of sp³-hybridized carbons (Fsp3) is 0.385. The van der Waals surface area contributed by atoms with Gasteiger partial charge in [0.25, 0.3) is 0 Å². The number of halogens is 3. The van der Waals surface area contributed by atoms with Gasteiger partial charge in [-0.15, -0.1) is 0 Å². The molecule has 1 saturated carbocycles. The van der Waals surface area contributed by atoms with Crippen LogP contribution < -0.4 is 11.1 Å². The van der Waals surface area contributed by atoms with E-state index in [2.05, 4.69) is 5.32 Å². The maximum Gasteiger partial charge on any atom is 0.237 e. The number of amides is 1. The number of benzene rings is 1. The Kier molecular flexibility index (Phi) is 3.73. The molecular weight excluding hydrogens is 289 g/mol. The Morgan fingerprint density at radius 1 is 1.30 bits per heavy atom. The van der Waals surface area contributed by atoms with Gasteiger partial charge in [0.2, 0.25) is 5.91 Å². The summed E-state index contributed by atoms with van der Waals surface area (Å²) in [5.74, 6) is -3.93. The van der Waals surface area contributed by atoms with Crippen molar-refractivity contribution in [2.24, 2.45) is 17.1 Å². The van der Waals surface area contributed by atoms with Gasteiger partial charge in [0, 0.05) is 12.1 Å². The third kappa shape index (κ3) is 2.37. The predicted octanol–water partition coefficient (Wildman–Crippen LogP) is 2.74. The second-order valence-corrected chi connectivity index (χ2v) is 5.60. The van der Waals surface area contributed by atoms with Crippen LogP contribution in [0, 0.1) is 28.8 Å². The summed E-state index contributed by atoms with van der Waals surface area (Å²) in [5, 5.41) is 2.23. The Morgan fingerprint density at radius 3 is 2.35 bits per heavy atom. The van der Waals surface area contributed by atoms with E-state index >= 15 is 0 Å². The lowest BCUT2D eigenvalue weighted by Crippen LogP contribution is -2.53. The van der Waals surface area contributed by atoms with Gasteiger partial charge in [-0.2, -0.15) is 0 Å². The van der Waals surface area contributed by atoms with E-state index in [9.17, 15) is 18.0 Å². The molecule has 3 N–H and O–H groups in total. The molecule has 0 atom stereocenters. The molecule has 0 bridgehead atoms. The van der Waals surface area contributed by atoms with Crippen LogP contribution in [-0.2, 0) is 4.79 Å². The minimum absolute atomic E-state index is 0.0242. The van der Waals surface area contributed by atoms with Crippen molar-refractivity contribution in [3.05, 3.63) is 29.6 Å². The van der Waals surface area contributed by atoms with Crippen molar-refractivity contribution >= 4 is 28.8 Å². The van der Waals surface area contributed by atoms with Crippen LogP contribution in [0.25, 0.3) is 0 Å². The highest BCUT2D eigenvalue weighted by molar-refractivity contribution is 7.80. The van der Waals surface area contributed by atoms with Crippen LogP contribution in [-0.4, -0.2) is 10.9 Å². The second-order valence-electron chi connectivity index (χ2n) is 5.16. The number of rotatable bonds is 3. The zero-order valence-corrected chi connectivity index (χ0v) is 11.5. The minimum atomic E-state index is -1.32. The van der Waals surface area contributed by atoms with Gasteiger partial charge in [-0.25, -0.2) is 13.2 Å². The monoisotopic (exact) mass is 302 g/mol. The summed E-state index contributed by atoms with van der Waals surface area (Å²) in [4.78, 5) is 12.2. The topological polar surface area (TPSA) is 55.1 Å². The Balaban J connectivity index is 2.24. The van der Waals surface area contributed by atoms with Crippen LogP contribution in [0.15, 0.2) is 12.1 Å². The van der Waals surface area contributed by atoms with E-state index in [1.807, 2.05) is 6.92 Å². The number of nitrogens with one attached hydrogen (secondary N) is 1. The first-order chi connectivity index (χ1) is 9.26. The zero-order valence-electron chi connectivity index (χ0n) is 10.7. The third-order valence-electron chi connectivity index (χ3n) is 3.56. The Hall–Kier alpha value is -1.63. The lowest BCUT2D eigenvalue weighted by atomic mass is 9.62. The predicted molar refractivity (Wildman–Crippen MR) is 72.6 cm³/mol. The van der Waals surface area contributed by atoms with Crippen molar-refractivity contribution < 1.29 is 18.0 Å². The quantitative estimate of drug-likeness (QED) is 0.667. The maximum atomic E-state index is 13.5. The van der Waals surface area contributed by atoms with Gasteiger partial charge in [0.05, 0.1) is 16.1 Å². The van der Waals surface area contributed by atoms with E-state index in [4.69, 9.17) is 18.0 Å². The summed E-state index contributed by atoms with van der Waals surface area (Å²) in [6, 6.07) is 0.972. The molecule has 2 rings (SSSR count). The molecule has 0 heterocycles. The molecule has 108 valence electrons. The summed E-state index contributed by atoms with van der Waals surface area (Å²) >= 11 is 4.89. The lowest BCUT2D eigenvalue weighted by Gasteiger charge is -2.44. The number of nitrogens with two attached hydrogens (primary N) is 1. The van der Waals surface area contributed by atoms with E-state index in [-0.39, 0.29) is 10.9 Å². The normalized spacial score (nSPS) is 24.9. The molecule has 1 aromatic carbocycles. The van der Waals surface area contributed by atoms with Gasteiger partial charge in [-0.05, 0) is 18.8 Å². The van der Waals surface area contributed by atoms with Crippen LogP contribution in [0.4, 0.5) is 18.9 Å². The van der Waals surface area contributed by atoms with E-state index in [1.165, 1.54) is 0 Å². The fourth-order valence-corrected chi connectivity index (χ4v) is 2.75. The van der Waals surface area contributed by atoms with E-state index in [0.717, 1.165) is 0 Å². The van der Waals surface area contributed by atoms with Gasteiger partial charge in [0.15, 0.2) is 11.6 Å². The first kappa shape index (κ1) is 14.8. The molecule has 0 aliphatic heterocycles. The molecule has 0 saturated heterocycles. The number of hydrogen-bond donors (Lipinski definition) is 2. The van der Waals surface area contributed by atoms with Crippen molar-refractivity contribution in [1.29, 1.82) is 0 Å². The Labute approximate surface area is 119 Å². The van der Waals surface area contributed by atoms with Crippen molar-refractivity contribution in [3.63, 3.8) is 0 Å². The van der Waals surface area contributed by atoms with Crippen molar-refractivity contribution in [1.82, 2.24) is 0 Å². The third-order valence-corrected chi connectivity index (χ3v) is 3.95. The molecule has 1 aliphatic carbocycles. The molecule has 0 radical (unpaired) electrons. The Morgan fingerprint density at radius 2 is 1.85 bits per heavy atom. The first-order valence-electron chi connectivity index (χ1n) is 6.02. The average Bonchev–Trinajstić information content (AvgIpc) is 2.31. The van der Waals surface area contributed by atoms with E-state index in [0.29, 0.717) is 25.0 Å². The maximum absolute atomic E-state index is 13.5. The smallest absolute Gasteiger partial charge is 0.237 e. The standard InChI is InChI=1S/C13H13F3N2OS/c1-6-4-13(5-6,11(17)20)12(19)18-10-3-8(15)7(14)2-9(10)16/h2-3,6H,4-5H2,1H3,(H2,17,20)(H,18,19). The van der Waals surface area contributed by atoms with Crippen LogP contribution >= 0.6 is 12.2 Å². The van der Waals surface area contributed by atoms with Gasteiger partial charge in [-0.3, -0.25) is 4.79 Å². The molecular formula is C13H13F3N2OS. The number of carbonyl (C=O) groups excluding carboxylic acids is 1. The van der Waals surface area contributed by atoms with E-state index < -0.39 is 34.5 Å². The SMILES string of the molecule is CC1CC(C(=O)Nc2cc(F)c(F)cc2F)(C(N)=S)C1. The highest BCUT2D eigenvalue weighted by Gasteiger charge is 2.51. The highest BCUT2D eigenvalue weighted by atomic mass is 32.1. The number of anilines is 1. The second kappa shape index (κ2) is 5.05. The molecule has 1 aliphatic rings. The molecule has 20 heavy (non-hydrogen) atoms. The first-order valence-corrected chi connectivity index (χ1v) is 6.43. The molecule has 0 unspecified atom stereocenters. The molecule has 1 amide bonds. The largest absolute Gasteiger partial charge is 0.392 e. The van der Waals surface area contributed by atoms with Crippen molar-refractivity contribution in [2.75, 3.05) is 5.32 Å². The molecule has 1 aromatic rings. The molecule has 0 aromatic heterocycles. The van der Waals surface area contributed by atoms with E-state index in [1.54, 1.807) is 0 Å². The van der Waals surface area contributed by atoms with Gasteiger partial charge in [-0.1, -0.05) is 19.1 Å². The average molecular weight is 302 g/mol. The number of hydrogen-bond acceptors (Lipinski definition) is 2. The van der Waals surface area contributed by atoms with Crippen LogP contribution in [0.2, 0.25) is 0 Å². The summed E-state index contributed by atoms with van der Waals surface area (Å²) in [5.41, 5.74) is 4.12. The highest BCUT2D eigenvalue weighted by Crippen LogP contribution is 2.46. The summed E-state index contributed by atoms with van der Waals surface area (Å²) < 4.78 is 39.4. The molecule has 7 heteroatoms.